The molecule has 3 heteroatoms. The summed E-state index contributed by atoms with van der Waals surface area (Å²) >= 11 is 4.62. The van der Waals surface area contributed by atoms with Gasteiger partial charge in [-0.15, -0.1) is 0 Å². The minimum atomic E-state index is -0.0431. The largest absolute Gasteiger partial charge is 0.304 e. The third-order valence-electron chi connectivity index (χ3n) is 1.92. The van der Waals surface area contributed by atoms with Crippen molar-refractivity contribution in [1.29, 1.82) is 5.41 Å². The van der Waals surface area contributed by atoms with E-state index < -0.39 is 0 Å². The average molecular weight is 171 g/mol. The highest BCUT2D eigenvalue weighted by Gasteiger charge is 2.16. The molecule has 0 aromatic rings. The van der Waals surface area contributed by atoms with Gasteiger partial charge in [-0.1, -0.05) is 18.3 Å². The zero-order valence-electron chi connectivity index (χ0n) is 6.14. The second kappa shape index (κ2) is 3.72. The maximum absolute atomic E-state index is 12.5. The van der Waals surface area contributed by atoms with E-state index >= 15 is 0 Å². The Morgan fingerprint density at radius 2 is 2.55 bits per heavy atom. The fraction of sp³-hybridized carbons (Fsp3) is 0.500. The van der Waals surface area contributed by atoms with E-state index in [0.717, 1.165) is 6.42 Å². The Morgan fingerprint density at radius 1 is 1.82 bits per heavy atom. The first-order valence-corrected chi connectivity index (χ1v) is 4.09. The third kappa shape index (κ3) is 2.19. The third-order valence-corrected chi connectivity index (χ3v) is 2.18. The van der Waals surface area contributed by atoms with Crippen LogP contribution in [0.3, 0.4) is 0 Å². The highest BCUT2D eigenvalue weighted by atomic mass is 32.1. The van der Waals surface area contributed by atoms with E-state index in [9.17, 15) is 4.39 Å². The predicted molar refractivity (Wildman–Crippen MR) is 47.9 cm³/mol. The standard InChI is InChI=1S/C8H10FNS/c9-7-3-1-6(2-4-7)8(10)5-11/h3,5-6,10H,1-2,4H2. The Labute approximate surface area is 70.8 Å². The SMILES string of the molecule is N=C(C=S)C1CC=C(F)CC1. The zero-order valence-corrected chi connectivity index (χ0v) is 6.96. The van der Waals surface area contributed by atoms with Gasteiger partial charge in [-0.25, -0.2) is 4.39 Å². The Balaban J connectivity index is 2.53. The lowest BCUT2D eigenvalue weighted by Crippen LogP contribution is -2.15. The van der Waals surface area contributed by atoms with E-state index in [1.807, 2.05) is 0 Å². The van der Waals surface area contributed by atoms with E-state index in [0.29, 0.717) is 18.6 Å². The minimum Gasteiger partial charge on any atom is -0.304 e. The molecule has 0 saturated heterocycles. The van der Waals surface area contributed by atoms with E-state index in [2.05, 4.69) is 12.2 Å². The summed E-state index contributed by atoms with van der Waals surface area (Å²) in [7, 11) is 0. The number of hydrogen-bond donors (Lipinski definition) is 1. The van der Waals surface area contributed by atoms with E-state index in [1.54, 1.807) is 6.08 Å². The highest BCUT2D eigenvalue weighted by molar-refractivity contribution is 7.80. The maximum Gasteiger partial charge on any atom is 0.0960 e. The lowest BCUT2D eigenvalue weighted by Gasteiger charge is -2.16. The average Bonchev–Trinajstić information content (AvgIpc) is 2.05. The topological polar surface area (TPSA) is 23.9 Å². The number of rotatable bonds is 2. The summed E-state index contributed by atoms with van der Waals surface area (Å²) in [5.41, 5.74) is 0.462. The van der Waals surface area contributed by atoms with Gasteiger partial charge in [0.25, 0.3) is 0 Å². The summed E-state index contributed by atoms with van der Waals surface area (Å²) in [5.74, 6) is 0.116. The molecule has 11 heavy (non-hydrogen) atoms. The van der Waals surface area contributed by atoms with Crippen molar-refractivity contribution in [3.05, 3.63) is 11.9 Å². The first-order chi connectivity index (χ1) is 5.24. The summed E-state index contributed by atoms with van der Waals surface area (Å²) < 4.78 is 12.5. The van der Waals surface area contributed by atoms with Crippen molar-refractivity contribution < 1.29 is 4.39 Å². The number of nitrogens with one attached hydrogen (secondary N) is 1. The number of halogens is 1. The van der Waals surface area contributed by atoms with Crippen LogP contribution in [0.15, 0.2) is 11.9 Å². The normalized spacial score (nSPS) is 24.1. The molecule has 0 radical (unpaired) electrons. The first kappa shape index (κ1) is 8.53. The van der Waals surface area contributed by atoms with Gasteiger partial charge in [0, 0.05) is 17.0 Å². The van der Waals surface area contributed by atoms with E-state index in [4.69, 9.17) is 5.41 Å². The van der Waals surface area contributed by atoms with Gasteiger partial charge in [-0.05, 0) is 19.3 Å². The fourth-order valence-corrected chi connectivity index (χ4v) is 1.37. The van der Waals surface area contributed by atoms with Crippen molar-refractivity contribution in [2.45, 2.75) is 19.3 Å². The molecule has 1 unspecified atom stereocenters. The van der Waals surface area contributed by atoms with Crippen LogP contribution in [0, 0.1) is 11.3 Å². The Bertz CT molecular complexity index is 210. The molecule has 1 nitrogen and oxygen atoms in total. The van der Waals surface area contributed by atoms with Gasteiger partial charge in [0.2, 0.25) is 0 Å². The molecule has 60 valence electrons. The Morgan fingerprint density at radius 3 is 3.00 bits per heavy atom. The first-order valence-electron chi connectivity index (χ1n) is 3.62. The smallest absolute Gasteiger partial charge is 0.0960 e. The summed E-state index contributed by atoms with van der Waals surface area (Å²) in [4.78, 5) is 0. The van der Waals surface area contributed by atoms with Crippen molar-refractivity contribution in [2.75, 3.05) is 0 Å². The molecule has 0 spiro atoms. The second-order valence-corrected chi connectivity index (χ2v) is 2.93. The number of hydrogen-bond acceptors (Lipinski definition) is 2. The molecule has 1 atom stereocenters. The Hall–Kier alpha value is -0.570. The highest BCUT2D eigenvalue weighted by Crippen LogP contribution is 2.24. The van der Waals surface area contributed by atoms with Crippen LogP contribution in [0.2, 0.25) is 0 Å². The van der Waals surface area contributed by atoms with Gasteiger partial charge in [0.05, 0.1) is 5.83 Å². The second-order valence-electron chi connectivity index (χ2n) is 2.70. The van der Waals surface area contributed by atoms with Crippen LogP contribution in [0.5, 0.6) is 0 Å². The van der Waals surface area contributed by atoms with Crippen LogP contribution >= 0.6 is 12.2 Å². The molecule has 1 aliphatic carbocycles. The lowest BCUT2D eigenvalue weighted by atomic mass is 9.90. The Kier molecular flexibility index (Phi) is 2.88. The molecule has 0 aliphatic heterocycles. The van der Waals surface area contributed by atoms with Crippen molar-refractivity contribution in [3.63, 3.8) is 0 Å². The molecule has 1 rings (SSSR count). The molecule has 1 aliphatic rings. The van der Waals surface area contributed by atoms with Crippen LogP contribution in [-0.2, 0) is 0 Å². The monoisotopic (exact) mass is 171 g/mol. The van der Waals surface area contributed by atoms with Gasteiger partial charge in [0.15, 0.2) is 0 Å². The molecular formula is C8H10FNS. The van der Waals surface area contributed by atoms with Gasteiger partial charge in [-0.3, -0.25) is 0 Å². The van der Waals surface area contributed by atoms with Crippen LogP contribution in [0.4, 0.5) is 4.39 Å². The van der Waals surface area contributed by atoms with Gasteiger partial charge in [-0.2, -0.15) is 0 Å². The van der Waals surface area contributed by atoms with Crippen molar-refractivity contribution in [2.24, 2.45) is 5.92 Å². The lowest BCUT2D eigenvalue weighted by molar-refractivity contribution is 0.496. The summed E-state index contributed by atoms with van der Waals surface area (Å²) in [6.45, 7) is 0. The van der Waals surface area contributed by atoms with Crippen LogP contribution < -0.4 is 0 Å². The molecule has 0 fully saturated rings. The number of allylic oxidation sites excluding steroid dienone is 2. The molecule has 0 heterocycles. The summed E-state index contributed by atoms with van der Waals surface area (Å²) in [6, 6.07) is 0. The molecule has 0 bridgehead atoms. The predicted octanol–water partition coefficient (Wildman–Crippen LogP) is 2.66. The molecule has 0 aromatic heterocycles. The molecule has 1 N–H and O–H groups in total. The van der Waals surface area contributed by atoms with Gasteiger partial charge >= 0.3 is 0 Å². The van der Waals surface area contributed by atoms with Crippen molar-refractivity contribution >= 4 is 23.3 Å². The van der Waals surface area contributed by atoms with Crippen LogP contribution in [0.25, 0.3) is 0 Å². The quantitative estimate of drug-likeness (QED) is 0.501. The van der Waals surface area contributed by atoms with Crippen molar-refractivity contribution in [3.8, 4) is 0 Å². The van der Waals surface area contributed by atoms with Gasteiger partial charge in [0.1, 0.15) is 0 Å². The molecule has 0 amide bonds. The fourth-order valence-electron chi connectivity index (χ4n) is 1.18. The van der Waals surface area contributed by atoms with E-state index in [-0.39, 0.29) is 11.7 Å². The van der Waals surface area contributed by atoms with Gasteiger partial charge < -0.3 is 5.41 Å². The molecule has 0 aromatic carbocycles. The van der Waals surface area contributed by atoms with Crippen LogP contribution in [0.1, 0.15) is 19.3 Å². The zero-order chi connectivity index (χ0) is 8.27. The van der Waals surface area contributed by atoms with Crippen molar-refractivity contribution in [1.82, 2.24) is 0 Å². The maximum atomic E-state index is 12.5. The number of thiocarbonyl (C=S) groups is 1. The summed E-state index contributed by atoms with van der Waals surface area (Å²) in [5, 5.41) is 8.76. The molecule has 0 saturated carbocycles. The minimum absolute atomic E-state index is 0.0431. The molecular weight excluding hydrogens is 161 g/mol. The summed E-state index contributed by atoms with van der Waals surface area (Å²) in [6.07, 6.45) is 3.39. The van der Waals surface area contributed by atoms with E-state index in [1.165, 1.54) is 5.37 Å². The van der Waals surface area contributed by atoms with Crippen LogP contribution in [-0.4, -0.2) is 11.1 Å².